The van der Waals surface area contributed by atoms with Crippen LogP contribution in [-0.4, -0.2) is 55.7 Å². The van der Waals surface area contributed by atoms with E-state index in [1.165, 1.54) is 0 Å². The molecule has 0 aromatic heterocycles. The number of nitrogens with one attached hydrogen (secondary N) is 1. The normalized spacial score (nSPS) is 29.7. The van der Waals surface area contributed by atoms with Gasteiger partial charge in [0.25, 0.3) is 0 Å². The van der Waals surface area contributed by atoms with E-state index in [9.17, 15) is 4.79 Å². The molecule has 1 aliphatic carbocycles. The lowest BCUT2D eigenvalue weighted by Gasteiger charge is -2.31. The van der Waals surface area contributed by atoms with Crippen molar-refractivity contribution < 1.29 is 9.53 Å². The molecule has 2 rings (SSSR count). The fourth-order valence-corrected chi connectivity index (χ4v) is 2.26. The first-order valence-corrected chi connectivity index (χ1v) is 6.37. The van der Waals surface area contributed by atoms with E-state index < -0.39 is 5.54 Å². The monoisotopic (exact) mass is 241 g/mol. The number of likely N-dealkylation sites (N-methyl/N-ethyl adjacent to an activating group) is 1. The summed E-state index contributed by atoms with van der Waals surface area (Å²) in [7, 11) is 2.06. The van der Waals surface area contributed by atoms with Crippen LogP contribution in [-0.2, 0) is 9.53 Å². The number of carbonyl (C=O) groups excluding carboxylic acids is 1. The Kier molecular flexibility index (Phi) is 3.70. The second-order valence-corrected chi connectivity index (χ2v) is 5.52. The lowest BCUT2D eigenvalue weighted by atomic mass is 9.96. The van der Waals surface area contributed by atoms with Crippen LogP contribution >= 0.6 is 0 Å². The van der Waals surface area contributed by atoms with Gasteiger partial charge in [-0.3, -0.25) is 4.79 Å². The van der Waals surface area contributed by atoms with Gasteiger partial charge in [-0.2, -0.15) is 0 Å². The maximum absolute atomic E-state index is 12.0. The summed E-state index contributed by atoms with van der Waals surface area (Å²) in [5.41, 5.74) is 5.34. The van der Waals surface area contributed by atoms with Gasteiger partial charge in [-0.05, 0) is 32.7 Å². The molecule has 98 valence electrons. The molecule has 2 fully saturated rings. The second-order valence-electron chi connectivity index (χ2n) is 5.52. The fourth-order valence-electron chi connectivity index (χ4n) is 2.26. The predicted octanol–water partition coefficient (Wildman–Crippen LogP) is -0.439. The lowest BCUT2D eigenvalue weighted by molar-refractivity contribution is -0.127. The van der Waals surface area contributed by atoms with Crippen molar-refractivity contribution in [3.8, 4) is 0 Å². The zero-order valence-corrected chi connectivity index (χ0v) is 10.7. The van der Waals surface area contributed by atoms with E-state index >= 15 is 0 Å². The molecule has 1 amide bonds. The van der Waals surface area contributed by atoms with E-state index in [2.05, 4.69) is 17.3 Å². The fraction of sp³-hybridized carbons (Fsp3) is 0.917. The summed E-state index contributed by atoms with van der Waals surface area (Å²) in [6.45, 7) is 4.95. The predicted molar refractivity (Wildman–Crippen MR) is 65.6 cm³/mol. The molecule has 0 aromatic carbocycles. The van der Waals surface area contributed by atoms with Gasteiger partial charge in [-0.15, -0.1) is 0 Å². The molecule has 2 atom stereocenters. The van der Waals surface area contributed by atoms with Crippen molar-refractivity contribution in [1.29, 1.82) is 0 Å². The molecule has 2 aliphatic rings. The number of hydrogen-bond acceptors (Lipinski definition) is 4. The molecular weight excluding hydrogens is 218 g/mol. The molecule has 0 aromatic rings. The van der Waals surface area contributed by atoms with Crippen LogP contribution in [0.5, 0.6) is 0 Å². The lowest BCUT2D eigenvalue weighted by Crippen LogP contribution is -2.56. The number of carbonyl (C=O) groups is 1. The Bertz CT molecular complexity index is 289. The standard InChI is InChI=1S/C12H23N3O2/c1-12(13,9-3-4-9)11(16)14-7-10-8-15(2)5-6-17-10/h9-10H,3-8,13H2,1-2H3,(H,14,16). The van der Waals surface area contributed by atoms with Crippen LogP contribution < -0.4 is 11.1 Å². The summed E-state index contributed by atoms with van der Waals surface area (Å²) < 4.78 is 5.59. The average Bonchev–Trinajstić information content (AvgIpc) is 3.09. The van der Waals surface area contributed by atoms with Gasteiger partial charge >= 0.3 is 0 Å². The molecule has 2 unspecified atom stereocenters. The SMILES string of the molecule is CN1CCOC(CNC(=O)C(C)(N)C2CC2)C1. The number of amides is 1. The number of rotatable bonds is 4. The van der Waals surface area contributed by atoms with Gasteiger partial charge in [-0.25, -0.2) is 0 Å². The maximum Gasteiger partial charge on any atom is 0.240 e. The van der Waals surface area contributed by atoms with Crippen LogP contribution in [0.4, 0.5) is 0 Å². The highest BCUT2D eigenvalue weighted by Crippen LogP contribution is 2.38. The molecule has 1 saturated heterocycles. The van der Waals surface area contributed by atoms with Crippen molar-refractivity contribution in [2.45, 2.75) is 31.4 Å². The Labute approximate surface area is 103 Å². The minimum absolute atomic E-state index is 0.0446. The Morgan fingerprint density at radius 2 is 2.29 bits per heavy atom. The Balaban J connectivity index is 1.75. The summed E-state index contributed by atoms with van der Waals surface area (Å²) in [6.07, 6.45) is 2.24. The Morgan fingerprint density at radius 1 is 1.59 bits per heavy atom. The average molecular weight is 241 g/mol. The van der Waals surface area contributed by atoms with E-state index in [-0.39, 0.29) is 12.0 Å². The summed E-state index contributed by atoms with van der Waals surface area (Å²) in [6, 6.07) is 0. The number of hydrogen-bond donors (Lipinski definition) is 2. The van der Waals surface area contributed by atoms with Gasteiger partial charge in [0.15, 0.2) is 0 Å². The van der Waals surface area contributed by atoms with Crippen molar-refractivity contribution >= 4 is 5.91 Å². The molecule has 5 nitrogen and oxygen atoms in total. The van der Waals surface area contributed by atoms with Crippen LogP contribution in [0.2, 0.25) is 0 Å². The molecule has 1 heterocycles. The van der Waals surface area contributed by atoms with Crippen LogP contribution in [0.1, 0.15) is 19.8 Å². The van der Waals surface area contributed by atoms with E-state index in [4.69, 9.17) is 10.5 Å². The van der Waals surface area contributed by atoms with Crippen LogP contribution in [0.3, 0.4) is 0 Å². The number of ether oxygens (including phenoxy) is 1. The van der Waals surface area contributed by atoms with Crippen LogP contribution in [0.15, 0.2) is 0 Å². The number of nitrogens with two attached hydrogens (primary N) is 1. The first kappa shape index (κ1) is 12.8. The highest BCUT2D eigenvalue weighted by Gasteiger charge is 2.44. The van der Waals surface area contributed by atoms with Gasteiger partial charge in [0.2, 0.25) is 5.91 Å². The van der Waals surface area contributed by atoms with E-state index in [0.29, 0.717) is 12.5 Å². The van der Waals surface area contributed by atoms with E-state index in [1.807, 2.05) is 6.92 Å². The zero-order valence-electron chi connectivity index (χ0n) is 10.7. The molecular formula is C12H23N3O2. The molecule has 5 heteroatoms. The molecule has 1 saturated carbocycles. The van der Waals surface area contributed by atoms with Gasteiger partial charge in [-0.1, -0.05) is 0 Å². The Hall–Kier alpha value is -0.650. The van der Waals surface area contributed by atoms with Gasteiger partial charge < -0.3 is 20.7 Å². The van der Waals surface area contributed by atoms with Gasteiger partial charge in [0.1, 0.15) is 0 Å². The third-order valence-corrected chi connectivity index (χ3v) is 3.75. The van der Waals surface area contributed by atoms with Crippen molar-refractivity contribution in [3.05, 3.63) is 0 Å². The smallest absolute Gasteiger partial charge is 0.240 e. The summed E-state index contributed by atoms with van der Waals surface area (Å²) in [5.74, 6) is 0.314. The summed E-state index contributed by atoms with van der Waals surface area (Å²) in [4.78, 5) is 14.2. The summed E-state index contributed by atoms with van der Waals surface area (Å²) >= 11 is 0. The minimum Gasteiger partial charge on any atom is -0.374 e. The second kappa shape index (κ2) is 4.92. The first-order chi connectivity index (χ1) is 8.00. The summed E-state index contributed by atoms with van der Waals surface area (Å²) in [5, 5.41) is 2.92. The van der Waals surface area contributed by atoms with Crippen LogP contribution in [0.25, 0.3) is 0 Å². The van der Waals surface area contributed by atoms with E-state index in [1.54, 1.807) is 0 Å². The third kappa shape index (κ3) is 3.18. The van der Waals surface area contributed by atoms with E-state index in [0.717, 1.165) is 32.5 Å². The highest BCUT2D eigenvalue weighted by molar-refractivity contribution is 5.86. The van der Waals surface area contributed by atoms with Gasteiger partial charge in [0, 0.05) is 19.6 Å². The first-order valence-electron chi connectivity index (χ1n) is 6.37. The number of nitrogens with zero attached hydrogens (tertiary/aromatic N) is 1. The van der Waals surface area contributed by atoms with Crippen molar-refractivity contribution in [1.82, 2.24) is 10.2 Å². The quantitative estimate of drug-likeness (QED) is 0.700. The maximum atomic E-state index is 12.0. The highest BCUT2D eigenvalue weighted by atomic mass is 16.5. The van der Waals surface area contributed by atoms with Crippen LogP contribution in [0, 0.1) is 5.92 Å². The molecule has 17 heavy (non-hydrogen) atoms. The molecule has 1 aliphatic heterocycles. The molecule has 3 N–H and O–H groups in total. The molecule has 0 spiro atoms. The topological polar surface area (TPSA) is 67.6 Å². The van der Waals surface area contributed by atoms with Crippen molar-refractivity contribution in [2.24, 2.45) is 11.7 Å². The minimum atomic E-state index is -0.708. The van der Waals surface area contributed by atoms with Crippen molar-refractivity contribution in [2.75, 3.05) is 33.3 Å². The Morgan fingerprint density at radius 3 is 2.88 bits per heavy atom. The molecule has 0 bridgehead atoms. The largest absolute Gasteiger partial charge is 0.374 e. The number of morpholine rings is 1. The molecule has 0 radical (unpaired) electrons. The van der Waals surface area contributed by atoms with Crippen molar-refractivity contribution in [3.63, 3.8) is 0 Å². The zero-order chi connectivity index (χ0) is 12.5. The van der Waals surface area contributed by atoms with Gasteiger partial charge in [0.05, 0.1) is 18.2 Å². The third-order valence-electron chi connectivity index (χ3n) is 3.75.